The lowest BCUT2D eigenvalue weighted by Gasteiger charge is -2.40. The number of rotatable bonds is 48. The average Bonchev–Trinajstić information content (AvgIpc) is 3.35. The number of aliphatic hydroxyl groups excluding tert-OH is 2. The Hall–Kier alpha value is -3.32. The van der Waals surface area contributed by atoms with E-state index in [0.717, 1.165) is 109 Å². The Bertz CT molecular complexity index is 1420. The van der Waals surface area contributed by atoms with Crippen LogP contribution in [-0.4, -0.2) is 89.2 Å². The highest BCUT2D eigenvalue weighted by molar-refractivity contribution is 5.74. The normalized spacial score (nSPS) is 18.8. The maximum atomic E-state index is 13.1. The van der Waals surface area contributed by atoms with Crippen LogP contribution in [0.3, 0.4) is 0 Å². The summed E-state index contributed by atoms with van der Waals surface area (Å²) < 4.78 is 28.4. The molecule has 1 saturated heterocycles. The van der Waals surface area contributed by atoms with Gasteiger partial charge in [0, 0.05) is 19.3 Å². The fourth-order valence-corrected chi connectivity index (χ4v) is 8.49. The molecule has 1 heterocycles. The van der Waals surface area contributed by atoms with E-state index in [4.69, 9.17) is 23.7 Å². The van der Waals surface area contributed by atoms with Gasteiger partial charge in [-0.25, -0.2) is 4.79 Å². The molecule has 6 unspecified atom stereocenters. The van der Waals surface area contributed by atoms with E-state index in [1.807, 2.05) is 0 Å². The number of allylic oxidation sites excluding steroid dienone is 8. The van der Waals surface area contributed by atoms with Crippen LogP contribution >= 0.6 is 0 Å². The SMILES string of the molecule is CC/C=C\C/C=C\C/C=C\CCCCCCCC(=O)OCC(COC1OC(C(=O)O)C(O)C(O)C1OC(=O)CCCCCCC/C=C\CCCCCC)OC(=O)CCCCCCCCCCCCCCC. The molecule has 0 aromatic carbocycles. The summed E-state index contributed by atoms with van der Waals surface area (Å²) in [6.45, 7) is 5.85. The first-order valence-corrected chi connectivity index (χ1v) is 28.6. The molecule has 0 spiro atoms. The molecule has 1 aliphatic heterocycles. The Kier molecular flexibility index (Phi) is 44.1. The summed E-state index contributed by atoms with van der Waals surface area (Å²) >= 11 is 0. The third-order valence-corrected chi connectivity index (χ3v) is 12.9. The molecule has 0 radical (unpaired) electrons. The number of aliphatic carboxylic acids is 1. The molecule has 6 atom stereocenters. The minimum atomic E-state index is -1.90. The highest BCUT2D eigenvalue weighted by Crippen LogP contribution is 2.26. The molecule has 0 aliphatic carbocycles. The van der Waals surface area contributed by atoms with Gasteiger partial charge in [-0.15, -0.1) is 0 Å². The van der Waals surface area contributed by atoms with Crippen molar-refractivity contribution in [2.75, 3.05) is 13.2 Å². The van der Waals surface area contributed by atoms with Crippen LogP contribution in [-0.2, 0) is 42.9 Å². The van der Waals surface area contributed by atoms with E-state index in [1.165, 1.54) is 83.5 Å². The first-order valence-electron chi connectivity index (χ1n) is 28.6. The maximum Gasteiger partial charge on any atom is 0.335 e. The second kappa shape index (κ2) is 47.7. The molecule has 12 heteroatoms. The van der Waals surface area contributed by atoms with Crippen molar-refractivity contribution in [1.29, 1.82) is 0 Å². The van der Waals surface area contributed by atoms with Gasteiger partial charge in [0.1, 0.15) is 18.8 Å². The number of hydrogen-bond donors (Lipinski definition) is 3. The largest absolute Gasteiger partial charge is 0.479 e. The number of carboxylic acids is 1. The lowest BCUT2D eigenvalue weighted by Crippen LogP contribution is -2.61. The number of carbonyl (C=O) groups excluding carboxylic acids is 3. The molecule has 0 amide bonds. The third kappa shape index (κ3) is 38.0. The Balaban J connectivity index is 2.72. The van der Waals surface area contributed by atoms with E-state index in [0.29, 0.717) is 19.3 Å². The van der Waals surface area contributed by atoms with Crippen LogP contribution in [0.2, 0.25) is 0 Å². The minimum absolute atomic E-state index is 0.0502. The van der Waals surface area contributed by atoms with Gasteiger partial charge in [-0.2, -0.15) is 0 Å². The quantitative estimate of drug-likeness (QED) is 0.0228. The highest BCUT2D eigenvalue weighted by Gasteiger charge is 2.50. The number of unbranched alkanes of at least 4 members (excludes halogenated alkanes) is 26. The summed E-state index contributed by atoms with van der Waals surface area (Å²) in [4.78, 5) is 51.0. The second-order valence-corrected chi connectivity index (χ2v) is 19.5. The van der Waals surface area contributed by atoms with Gasteiger partial charge in [0.25, 0.3) is 0 Å². The molecule has 71 heavy (non-hydrogen) atoms. The molecular formula is C59H102O12. The first kappa shape index (κ1) is 65.7. The first-order chi connectivity index (χ1) is 34.6. The third-order valence-electron chi connectivity index (χ3n) is 12.9. The molecule has 0 aromatic rings. The summed E-state index contributed by atoms with van der Waals surface area (Å²) in [5, 5.41) is 31.4. The lowest BCUT2D eigenvalue weighted by molar-refractivity contribution is -0.301. The Morgan fingerprint density at radius 1 is 0.479 bits per heavy atom. The molecule has 1 fully saturated rings. The van der Waals surface area contributed by atoms with Crippen LogP contribution in [0, 0.1) is 0 Å². The zero-order valence-electron chi connectivity index (χ0n) is 45.0. The van der Waals surface area contributed by atoms with E-state index in [1.54, 1.807) is 0 Å². The second-order valence-electron chi connectivity index (χ2n) is 19.5. The van der Waals surface area contributed by atoms with Gasteiger partial charge in [-0.05, 0) is 77.0 Å². The molecule has 12 nitrogen and oxygen atoms in total. The summed E-state index contributed by atoms with van der Waals surface area (Å²) in [5.41, 5.74) is 0. The number of aliphatic hydroxyl groups is 2. The Morgan fingerprint density at radius 3 is 1.38 bits per heavy atom. The van der Waals surface area contributed by atoms with Crippen molar-refractivity contribution >= 4 is 23.9 Å². The number of esters is 3. The van der Waals surface area contributed by atoms with Gasteiger partial charge < -0.3 is 39.0 Å². The standard InChI is InChI=1S/C59H102O12/c1-4-7-10-13-16-19-22-25-26-29-30-33-36-39-42-45-51(60)67-48-50(69-52(61)46-43-40-37-34-31-27-23-20-17-14-11-8-5-2)49-68-59-57(55(64)54(63)56(71-59)58(65)66)70-53(62)47-44-41-38-35-32-28-24-21-18-15-12-9-6-3/h7,10,16,19,21,24-26,50,54-57,59,63-64H,4-6,8-9,11-15,17-18,20,22-23,27-49H2,1-3H3,(H,65,66)/b10-7-,19-16-,24-21-,26-25-. The van der Waals surface area contributed by atoms with E-state index >= 15 is 0 Å². The monoisotopic (exact) mass is 1000 g/mol. The van der Waals surface area contributed by atoms with Crippen LogP contribution in [0.25, 0.3) is 0 Å². The van der Waals surface area contributed by atoms with Crippen molar-refractivity contribution in [3.05, 3.63) is 48.6 Å². The molecule has 3 N–H and O–H groups in total. The zero-order chi connectivity index (χ0) is 51.8. The minimum Gasteiger partial charge on any atom is -0.479 e. The van der Waals surface area contributed by atoms with Gasteiger partial charge in [-0.3, -0.25) is 14.4 Å². The van der Waals surface area contributed by atoms with Crippen molar-refractivity contribution in [3.8, 4) is 0 Å². The fourth-order valence-electron chi connectivity index (χ4n) is 8.49. The van der Waals surface area contributed by atoms with Crippen LogP contribution in [0.5, 0.6) is 0 Å². The van der Waals surface area contributed by atoms with Crippen molar-refractivity contribution in [1.82, 2.24) is 0 Å². The lowest BCUT2D eigenvalue weighted by atomic mass is 9.98. The van der Waals surface area contributed by atoms with Gasteiger partial charge in [0.05, 0.1) is 6.61 Å². The number of hydrogen-bond acceptors (Lipinski definition) is 11. The molecule has 0 aromatic heterocycles. The topological polar surface area (TPSA) is 175 Å². The predicted molar refractivity (Wildman–Crippen MR) is 285 cm³/mol. The predicted octanol–water partition coefficient (Wildman–Crippen LogP) is 14.2. The molecular weight excluding hydrogens is 901 g/mol. The van der Waals surface area contributed by atoms with E-state index in [2.05, 4.69) is 69.4 Å². The van der Waals surface area contributed by atoms with E-state index < -0.39 is 67.3 Å². The van der Waals surface area contributed by atoms with E-state index in [-0.39, 0.29) is 25.9 Å². The molecule has 0 saturated carbocycles. The van der Waals surface area contributed by atoms with Crippen molar-refractivity contribution in [2.24, 2.45) is 0 Å². The average molecular weight is 1000 g/mol. The van der Waals surface area contributed by atoms with Gasteiger partial charge in [0.15, 0.2) is 24.6 Å². The number of carbonyl (C=O) groups is 4. The van der Waals surface area contributed by atoms with Gasteiger partial charge >= 0.3 is 23.9 Å². The number of ether oxygens (including phenoxy) is 5. The van der Waals surface area contributed by atoms with Gasteiger partial charge in [-0.1, -0.05) is 204 Å². The summed E-state index contributed by atoms with van der Waals surface area (Å²) in [7, 11) is 0. The summed E-state index contributed by atoms with van der Waals surface area (Å²) in [5.74, 6) is -3.14. The van der Waals surface area contributed by atoms with Crippen LogP contribution < -0.4 is 0 Å². The van der Waals surface area contributed by atoms with Crippen molar-refractivity contribution < 1.29 is 58.2 Å². The van der Waals surface area contributed by atoms with Gasteiger partial charge in [0.2, 0.25) is 0 Å². The number of carboxylic acid groups (broad SMARTS) is 1. The fraction of sp³-hybridized carbons (Fsp3) is 0.797. The summed E-state index contributed by atoms with van der Waals surface area (Å²) in [6, 6.07) is 0. The molecule has 1 aliphatic rings. The van der Waals surface area contributed by atoms with Crippen molar-refractivity contribution in [2.45, 2.75) is 289 Å². The molecule has 0 bridgehead atoms. The zero-order valence-corrected chi connectivity index (χ0v) is 45.0. The molecule has 1 rings (SSSR count). The molecule has 410 valence electrons. The highest BCUT2D eigenvalue weighted by atomic mass is 16.7. The van der Waals surface area contributed by atoms with E-state index in [9.17, 15) is 34.5 Å². The van der Waals surface area contributed by atoms with Crippen LogP contribution in [0.15, 0.2) is 48.6 Å². The smallest absolute Gasteiger partial charge is 0.335 e. The maximum absolute atomic E-state index is 13.1. The van der Waals surface area contributed by atoms with Crippen LogP contribution in [0.4, 0.5) is 0 Å². The summed E-state index contributed by atoms with van der Waals surface area (Å²) in [6.07, 6.45) is 43.7. The Morgan fingerprint density at radius 2 is 0.887 bits per heavy atom. The van der Waals surface area contributed by atoms with Crippen LogP contribution in [0.1, 0.15) is 252 Å². The Labute approximate surface area is 431 Å². The van der Waals surface area contributed by atoms with Crippen molar-refractivity contribution in [3.63, 3.8) is 0 Å².